The van der Waals surface area contributed by atoms with Crippen molar-refractivity contribution in [3.63, 3.8) is 0 Å². The van der Waals surface area contributed by atoms with Crippen molar-refractivity contribution in [2.24, 2.45) is 0 Å². The van der Waals surface area contributed by atoms with Crippen LogP contribution in [0.3, 0.4) is 0 Å². The second kappa shape index (κ2) is 7.38. The van der Waals surface area contributed by atoms with Crippen molar-refractivity contribution in [2.45, 2.75) is 19.9 Å². The molecule has 2 aromatic carbocycles. The van der Waals surface area contributed by atoms with Crippen molar-refractivity contribution < 1.29 is 9.47 Å². The first-order chi connectivity index (χ1) is 12.8. The van der Waals surface area contributed by atoms with Crippen LogP contribution in [0.5, 0.6) is 5.75 Å². The first-order valence-corrected chi connectivity index (χ1v) is 9.28. The zero-order valence-corrected chi connectivity index (χ0v) is 15.4. The van der Waals surface area contributed by atoms with Crippen LogP contribution in [0, 0.1) is 0 Å². The maximum Gasteiger partial charge on any atom is 0.118 e. The monoisotopic (exact) mass is 351 g/mol. The van der Waals surface area contributed by atoms with Crippen molar-refractivity contribution in [3.8, 4) is 17.0 Å². The number of fused-ring (bicyclic) bond motifs is 1. The lowest BCUT2D eigenvalue weighted by atomic mass is 10.1. The van der Waals surface area contributed by atoms with Gasteiger partial charge in [0.2, 0.25) is 0 Å². The number of hydrogen-bond acceptors (Lipinski definition) is 4. The van der Waals surface area contributed by atoms with Crippen molar-refractivity contribution in [2.75, 3.05) is 38.3 Å². The van der Waals surface area contributed by atoms with Crippen molar-refractivity contribution in [1.29, 1.82) is 0 Å². The van der Waals surface area contributed by atoms with Gasteiger partial charge in [-0.2, -0.15) is 5.10 Å². The highest BCUT2D eigenvalue weighted by Gasteiger charge is 2.20. The molecule has 0 radical (unpaired) electrons. The summed E-state index contributed by atoms with van der Waals surface area (Å²) >= 11 is 0. The molecule has 136 valence electrons. The molecular formula is C21H25N3O2. The van der Waals surface area contributed by atoms with Gasteiger partial charge in [0, 0.05) is 30.6 Å². The van der Waals surface area contributed by atoms with Gasteiger partial charge in [-0.25, -0.2) is 0 Å². The van der Waals surface area contributed by atoms with Gasteiger partial charge in [-0.15, -0.1) is 0 Å². The van der Waals surface area contributed by atoms with Gasteiger partial charge in [0.15, 0.2) is 0 Å². The molecule has 0 amide bonds. The number of aromatic nitrogens is 2. The summed E-state index contributed by atoms with van der Waals surface area (Å²) in [4.78, 5) is 2.41. The molecule has 26 heavy (non-hydrogen) atoms. The summed E-state index contributed by atoms with van der Waals surface area (Å²) in [6.45, 7) is 6.52. The van der Waals surface area contributed by atoms with E-state index in [2.05, 4.69) is 46.8 Å². The average Bonchev–Trinajstić information content (AvgIpc) is 3.08. The predicted octanol–water partition coefficient (Wildman–Crippen LogP) is 3.96. The van der Waals surface area contributed by atoms with Crippen molar-refractivity contribution >= 4 is 16.6 Å². The van der Waals surface area contributed by atoms with Crippen LogP contribution >= 0.6 is 0 Å². The van der Waals surface area contributed by atoms with Crippen LogP contribution in [0.4, 0.5) is 5.69 Å². The maximum atomic E-state index is 5.53. The Bertz CT molecular complexity index is 880. The minimum atomic E-state index is 0.781. The lowest BCUT2D eigenvalue weighted by Crippen LogP contribution is -2.36. The summed E-state index contributed by atoms with van der Waals surface area (Å²) in [5, 5.41) is 6.18. The van der Waals surface area contributed by atoms with E-state index in [1.807, 2.05) is 12.1 Å². The highest BCUT2D eigenvalue weighted by molar-refractivity contribution is 6.00. The molecular weight excluding hydrogens is 326 g/mol. The van der Waals surface area contributed by atoms with Gasteiger partial charge in [-0.1, -0.05) is 19.1 Å². The van der Waals surface area contributed by atoms with E-state index >= 15 is 0 Å². The van der Waals surface area contributed by atoms with E-state index in [0.717, 1.165) is 56.3 Å². The van der Waals surface area contributed by atoms with Crippen LogP contribution < -0.4 is 9.64 Å². The van der Waals surface area contributed by atoms with Gasteiger partial charge in [-0.3, -0.25) is 4.68 Å². The van der Waals surface area contributed by atoms with Crippen molar-refractivity contribution in [3.05, 3.63) is 42.5 Å². The third-order valence-corrected chi connectivity index (χ3v) is 4.90. The molecule has 3 aromatic rings. The smallest absolute Gasteiger partial charge is 0.118 e. The highest BCUT2D eigenvalue weighted by Crippen LogP contribution is 2.35. The quantitative estimate of drug-likeness (QED) is 0.698. The third kappa shape index (κ3) is 3.03. The first-order valence-electron chi connectivity index (χ1n) is 9.28. The van der Waals surface area contributed by atoms with Crippen LogP contribution in [0.1, 0.15) is 13.3 Å². The lowest BCUT2D eigenvalue weighted by molar-refractivity contribution is 0.123. The number of morpholine rings is 1. The Labute approximate surface area is 154 Å². The molecule has 4 rings (SSSR count). The Kier molecular flexibility index (Phi) is 4.80. The molecule has 0 spiro atoms. The largest absolute Gasteiger partial charge is 0.497 e. The van der Waals surface area contributed by atoms with Gasteiger partial charge in [0.1, 0.15) is 11.4 Å². The number of aryl methyl sites for hydroxylation is 1. The third-order valence-electron chi connectivity index (χ3n) is 4.90. The predicted molar refractivity (Wildman–Crippen MR) is 105 cm³/mol. The standard InChI is InChI=1S/C21H25N3O2/c1-3-11-24-21-18(5-4-6-19(21)23-12-14-26-15-13-23)20(22-24)16-7-9-17(25-2)10-8-16/h4-10H,3,11-15H2,1-2H3. The minimum Gasteiger partial charge on any atom is -0.497 e. The number of rotatable bonds is 5. The Morgan fingerprint density at radius 2 is 1.85 bits per heavy atom. The second-order valence-corrected chi connectivity index (χ2v) is 6.57. The normalized spacial score (nSPS) is 14.8. The van der Waals surface area contributed by atoms with Crippen LogP contribution in [0.2, 0.25) is 0 Å². The fraction of sp³-hybridized carbons (Fsp3) is 0.381. The molecule has 0 bridgehead atoms. The highest BCUT2D eigenvalue weighted by atomic mass is 16.5. The summed E-state index contributed by atoms with van der Waals surface area (Å²) in [7, 11) is 1.69. The number of benzene rings is 2. The average molecular weight is 351 g/mol. The number of anilines is 1. The number of para-hydroxylation sites is 1. The van der Waals surface area contributed by atoms with E-state index in [1.165, 1.54) is 16.6 Å². The van der Waals surface area contributed by atoms with Crippen LogP contribution in [-0.2, 0) is 11.3 Å². The van der Waals surface area contributed by atoms with Gasteiger partial charge in [-0.05, 0) is 36.8 Å². The topological polar surface area (TPSA) is 39.5 Å². The molecule has 5 heteroatoms. The Morgan fingerprint density at radius 1 is 1.08 bits per heavy atom. The van der Waals surface area contributed by atoms with Gasteiger partial charge in [0.25, 0.3) is 0 Å². The van der Waals surface area contributed by atoms with Crippen LogP contribution in [0.25, 0.3) is 22.2 Å². The molecule has 1 aliphatic heterocycles. The summed E-state index contributed by atoms with van der Waals surface area (Å²) in [5.74, 6) is 0.861. The van der Waals surface area contributed by atoms with Gasteiger partial charge < -0.3 is 14.4 Å². The Balaban J connectivity index is 1.86. The molecule has 5 nitrogen and oxygen atoms in total. The molecule has 0 N–H and O–H groups in total. The zero-order chi connectivity index (χ0) is 17.9. The SMILES string of the molecule is CCCn1nc(-c2ccc(OC)cc2)c2cccc(N3CCOCC3)c21. The summed E-state index contributed by atoms with van der Waals surface area (Å²) < 4.78 is 13.0. The molecule has 1 aromatic heterocycles. The number of nitrogens with zero attached hydrogens (tertiary/aromatic N) is 3. The van der Waals surface area contributed by atoms with E-state index in [1.54, 1.807) is 7.11 Å². The fourth-order valence-electron chi connectivity index (χ4n) is 3.61. The summed E-state index contributed by atoms with van der Waals surface area (Å²) in [6.07, 6.45) is 1.05. The van der Waals surface area contributed by atoms with Gasteiger partial charge >= 0.3 is 0 Å². The maximum absolute atomic E-state index is 5.53. The number of hydrogen-bond donors (Lipinski definition) is 0. The minimum absolute atomic E-state index is 0.781. The summed E-state index contributed by atoms with van der Waals surface area (Å²) in [5.41, 5.74) is 4.63. The van der Waals surface area contributed by atoms with E-state index in [0.29, 0.717) is 0 Å². The molecule has 0 unspecified atom stereocenters. The molecule has 0 atom stereocenters. The number of ether oxygens (including phenoxy) is 2. The van der Waals surface area contributed by atoms with E-state index < -0.39 is 0 Å². The molecule has 1 fully saturated rings. The Hall–Kier alpha value is -2.53. The second-order valence-electron chi connectivity index (χ2n) is 6.57. The molecule has 1 saturated heterocycles. The van der Waals surface area contributed by atoms with Gasteiger partial charge in [0.05, 0.1) is 31.5 Å². The van der Waals surface area contributed by atoms with E-state index in [9.17, 15) is 0 Å². The first kappa shape index (κ1) is 16.9. The van der Waals surface area contributed by atoms with Crippen LogP contribution in [-0.4, -0.2) is 43.2 Å². The van der Waals surface area contributed by atoms with E-state index in [-0.39, 0.29) is 0 Å². The molecule has 2 heterocycles. The molecule has 0 aliphatic carbocycles. The molecule has 1 aliphatic rings. The van der Waals surface area contributed by atoms with Crippen molar-refractivity contribution in [1.82, 2.24) is 9.78 Å². The zero-order valence-electron chi connectivity index (χ0n) is 15.4. The lowest BCUT2D eigenvalue weighted by Gasteiger charge is -2.29. The van der Waals surface area contributed by atoms with Crippen LogP contribution in [0.15, 0.2) is 42.5 Å². The summed E-state index contributed by atoms with van der Waals surface area (Å²) in [6, 6.07) is 14.7. The van der Waals surface area contributed by atoms with E-state index in [4.69, 9.17) is 14.6 Å². The molecule has 0 saturated carbocycles. The number of methoxy groups -OCH3 is 1. The Morgan fingerprint density at radius 3 is 2.54 bits per heavy atom. The fourth-order valence-corrected chi connectivity index (χ4v) is 3.61.